The van der Waals surface area contributed by atoms with Crippen LogP contribution in [0.2, 0.25) is 0 Å². The van der Waals surface area contributed by atoms with E-state index in [1.54, 1.807) is 6.92 Å². The average Bonchev–Trinajstić information content (AvgIpc) is 1.84. The van der Waals surface area contributed by atoms with Gasteiger partial charge in [-0.1, -0.05) is 6.92 Å². The smallest absolute Gasteiger partial charge is 0.339 e. The molecule has 3 heteroatoms. The van der Waals surface area contributed by atoms with Crippen molar-refractivity contribution in [1.29, 1.82) is 0 Å². The van der Waals surface area contributed by atoms with Gasteiger partial charge < -0.3 is 9.47 Å². The predicted octanol–water partition coefficient (Wildman–Crippen LogP) is 1.63. The maximum Gasteiger partial charge on any atom is 0.339 e. The maximum absolute atomic E-state index is 9.81. The van der Waals surface area contributed by atoms with Crippen LogP contribution in [0.25, 0.3) is 0 Å². The van der Waals surface area contributed by atoms with Crippen LogP contribution in [0.4, 0.5) is 0 Å². The fraction of sp³-hybridized carbons (Fsp3) is 0.667. The Bertz CT molecular complexity index is 189. The summed E-state index contributed by atoms with van der Waals surface area (Å²) in [4.78, 5) is 9.81. The zero-order chi connectivity index (χ0) is 8.97. The molecule has 0 aliphatic carbocycles. The molecule has 0 amide bonds. The number of cyclic esters (lactones) is 1. The van der Waals surface area contributed by atoms with Gasteiger partial charge in [0.2, 0.25) is 0 Å². The molecule has 0 aromatic rings. The molecule has 0 bridgehead atoms. The second-order valence-corrected chi connectivity index (χ2v) is 2.87. The molecule has 1 saturated heterocycles. The van der Waals surface area contributed by atoms with Crippen LogP contribution in [0, 0.1) is 0 Å². The normalized spacial score (nSPS) is 25.3. The van der Waals surface area contributed by atoms with Crippen molar-refractivity contribution in [3.05, 3.63) is 11.8 Å². The van der Waals surface area contributed by atoms with Crippen molar-refractivity contribution in [1.82, 2.24) is 0 Å². The van der Waals surface area contributed by atoms with Crippen LogP contribution in [0.1, 0.15) is 26.7 Å². The number of hydrogen-bond donors (Lipinski definition) is 0. The minimum absolute atomic E-state index is 0.229. The molecule has 2 aliphatic heterocycles. The highest BCUT2D eigenvalue weighted by atomic mass is 16.6. The SMILES string of the molecule is CC1=CC(=O)O1.CCC1CCO1. The monoisotopic (exact) mass is 170 g/mol. The lowest BCUT2D eigenvalue weighted by atomic mass is 10.1. The molecule has 0 aromatic heterocycles. The van der Waals surface area contributed by atoms with Gasteiger partial charge in [0.05, 0.1) is 12.2 Å². The zero-order valence-corrected chi connectivity index (χ0v) is 7.50. The number of rotatable bonds is 1. The molecule has 1 atom stereocenters. The van der Waals surface area contributed by atoms with E-state index in [0.717, 1.165) is 6.61 Å². The van der Waals surface area contributed by atoms with E-state index in [1.807, 2.05) is 0 Å². The minimum atomic E-state index is -0.229. The standard InChI is InChI=1S/C5H10O.C4H4O2/c1-2-5-3-4-6-5;1-3-2-4(5)6-3/h5H,2-4H2,1H3;2H,1H3. The summed E-state index contributed by atoms with van der Waals surface area (Å²) in [6.07, 6.45) is 4.54. The Morgan fingerprint density at radius 3 is 2.25 bits per heavy atom. The average molecular weight is 170 g/mol. The van der Waals surface area contributed by atoms with Crippen LogP contribution in [0.3, 0.4) is 0 Å². The highest BCUT2D eigenvalue weighted by Gasteiger charge is 2.13. The summed E-state index contributed by atoms with van der Waals surface area (Å²) in [6.45, 7) is 4.89. The summed E-state index contributed by atoms with van der Waals surface area (Å²) < 4.78 is 9.44. The second kappa shape index (κ2) is 4.26. The molecular formula is C9H14O3. The molecule has 0 radical (unpaired) electrons. The van der Waals surface area contributed by atoms with E-state index in [-0.39, 0.29) is 5.97 Å². The fourth-order valence-corrected chi connectivity index (χ4v) is 0.932. The van der Waals surface area contributed by atoms with Gasteiger partial charge >= 0.3 is 5.97 Å². The van der Waals surface area contributed by atoms with Crippen LogP contribution in [-0.2, 0) is 14.3 Å². The van der Waals surface area contributed by atoms with Gasteiger partial charge in [0.15, 0.2) is 0 Å². The van der Waals surface area contributed by atoms with Gasteiger partial charge in [-0.25, -0.2) is 4.79 Å². The summed E-state index contributed by atoms with van der Waals surface area (Å²) in [5.74, 6) is 0.479. The van der Waals surface area contributed by atoms with Gasteiger partial charge in [0.25, 0.3) is 0 Å². The Kier molecular flexibility index (Phi) is 3.29. The second-order valence-electron chi connectivity index (χ2n) is 2.87. The van der Waals surface area contributed by atoms with E-state index < -0.39 is 0 Å². The Balaban J connectivity index is 0.000000120. The summed E-state index contributed by atoms with van der Waals surface area (Å²) in [5, 5.41) is 0. The minimum Gasteiger partial charge on any atom is -0.428 e. The van der Waals surface area contributed by atoms with Gasteiger partial charge in [-0.15, -0.1) is 0 Å². The van der Waals surface area contributed by atoms with Crippen molar-refractivity contribution in [2.45, 2.75) is 32.8 Å². The Labute approximate surface area is 72.4 Å². The maximum atomic E-state index is 9.81. The van der Waals surface area contributed by atoms with Gasteiger partial charge in [0.1, 0.15) is 5.76 Å². The Morgan fingerprint density at radius 2 is 2.25 bits per heavy atom. The lowest BCUT2D eigenvalue weighted by Crippen LogP contribution is -2.25. The van der Waals surface area contributed by atoms with Gasteiger partial charge in [-0.3, -0.25) is 0 Å². The van der Waals surface area contributed by atoms with Gasteiger partial charge in [-0.2, -0.15) is 0 Å². The summed E-state index contributed by atoms with van der Waals surface area (Å²) in [5.41, 5.74) is 0. The van der Waals surface area contributed by atoms with Crippen LogP contribution in [-0.4, -0.2) is 18.7 Å². The first-order chi connectivity index (χ1) is 5.72. The number of ether oxygens (including phenoxy) is 2. The van der Waals surface area contributed by atoms with E-state index >= 15 is 0 Å². The number of carbonyl (C=O) groups is 1. The lowest BCUT2D eigenvalue weighted by molar-refractivity contribution is -0.138. The van der Waals surface area contributed by atoms with Crippen molar-refractivity contribution in [2.75, 3.05) is 6.61 Å². The van der Waals surface area contributed by atoms with Crippen LogP contribution < -0.4 is 0 Å². The van der Waals surface area contributed by atoms with Crippen molar-refractivity contribution >= 4 is 5.97 Å². The molecule has 0 spiro atoms. The number of esters is 1. The van der Waals surface area contributed by atoms with E-state index in [1.165, 1.54) is 18.9 Å². The molecule has 1 unspecified atom stereocenters. The third kappa shape index (κ3) is 2.66. The molecule has 1 fully saturated rings. The number of allylic oxidation sites excluding steroid dienone is 1. The van der Waals surface area contributed by atoms with E-state index in [9.17, 15) is 4.79 Å². The molecule has 2 heterocycles. The Hall–Kier alpha value is -0.830. The highest BCUT2D eigenvalue weighted by molar-refractivity contribution is 5.88. The van der Waals surface area contributed by atoms with E-state index in [4.69, 9.17) is 4.74 Å². The predicted molar refractivity (Wildman–Crippen MR) is 44.5 cm³/mol. The first-order valence-corrected chi connectivity index (χ1v) is 4.24. The van der Waals surface area contributed by atoms with Crippen molar-refractivity contribution in [3.63, 3.8) is 0 Å². The Morgan fingerprint density at radius 1 is 1.67 bits per heavy atom. The number of carbonyl (C=O) groups excluding carboxylic acids is 1. The summed E-state index contributed by atoms with van der Waals surface area (Å²) >= 11 is 0. The molecule has 2 aliphatic rings. The molecule has 0 N–H and O–H groups in total. The molecule has 0 aromatic carbocycles. The summed E-state index contributed by atoms with van der Waals surface area (Å²) in [7, 11) is 0. The largest absolute Gasteiger partial charge is 0.428 e. The molecular weight excluding hydrogens is 156 g/mol. The third-order valence-electron chi connectivity index (χ3n) is 1.83. The van der Waals surface area contributed by atoms with Crippen molar-refractivity contribution < 1.29 is 14.3 Å². The van der Waals surface area contributed by atoms with E-state index in [2.05, 4.69) is 11.7 Å². The van der Waals surface area contributed by atoms with Crippen molar-refractivity contribution in [3.8, 4) is 0 Å². The van der Waals surface area contributed by atoms with Gasteiger partial charge in [0, 0.05) is 6.61 Å². The first kappa shape index (κ1) is 9.26. The molecule has 12 heavy (non-hydrogen) atoms. The fourth-order valence-electron chi connectivity index (χ4n) is 0.932. The van der Waals surface area contributed by atoms with Crippen LogP contribution in [0.15, 0.2) is 11.8 Å². The first-order valence-electron chi connectivity index (χ1n) is 4.24. The van der Waals surface area contributed by atoms with Crippen LogP contribution >= 0.6 is 0 Å². The quantitative estimate of drug-likeness (QED) is 0.561. The van der Waals surface area contributed by atoms with Crippen LogP contribution in [0.5, 0.6) is 0 Å². The highest BCUT2D eigenvalue weighted by Crippen LogP contribution is 2.12. The topological polar surface area (TPSA) is 35.5 Å². The zero-order valence-electron chi connectivity index (χ0n) is 7.50. The third-order valence-corrected chi connectivity index (χ3v) is 1.83. The number of hydrogen-bond acceptors (Lipinski definition) is 3. The van der Waals surface area contributed by atoms with E-state index in [0.29, 0.717) is 11.9 Å². The van der Waals surface area contributed by atoms with Crippen molar-refractivity contribution in [2.24, 2.45) is 0 Å². The molecule has 2 rings (SSSR count). The lowest BCUT2D eigenvalue weighted by Gasteiger charge is -2.24. The summed E-state index contributed by atoms with van der Waals surface area (Å²) in [6, 6.07) is 0. The molecule has 3 nitrogen and oxygen atoms in total. The molecule has 68 valence electrons. The molecule has 0 saturated carbocycles. The van der Waals surface area contributed by atoms with Gasteiger partial charge in [-0.05, 0) is 19.8 Å².